The Morgan fingerprint density at radius 1 is 0.328 bits per heavy atom. The molecule has 0 radical (unpaired) electrons. The predicted molar refractivity (Wildman–Crippen MR) is 242 cm³/mol. The minimum Gasteiger partial charge on any atom is -0.228 e. The van der Waals surface area contributed by atoms with Crippen LogP contribution in [0.3, 0.4) is 0 Å². The molecule has 0 amide bonds. The van der Waals surface area contributed by atoms with E-state index in [2.05, 4.69) is 219 Å². The van der Waals surface area contributed by atoms with Crippen LogP contribution >= 0.6 is 0 Å². The van der Waals surface area contributed by atoms with Crippen molar-refractivity contribution in [3.63, 3.8) is 0 Å². The molecule has 0 bridgehead atoms. The van der Waals surface area contributed by atoms with E-state index >= 15 is 0 Å². The summed E-state index contributed by atoms with van der Waals surface area (Å²) in [5.41, 5.74) is 16.0. The first-order chi connectivity index (χ1) is 28.6. The molecule has 1 aromatic heterocycles. The van der Waals surface area contributed by atoms with Crippen LogP contribution in [0.1, 0.15) is 23.6 Å². The van der Waals surface area contributed by atoms with Crippen LogP contribution in [0.15, 0.2) is 212 Å². The largest absolute Gasteiger partial charge is 0.228 e. The minimum atomic E-state index is -0.272. The fourth-order valence-electron chi connectivity index (χ4n) is 9.16. The Hall–Kier alpha value is -7.42. The van der Waals surface area contributed by atoms with Crippen molar-refractivity contribution in [2.75, 3.05) is 0 Å². The van der Waals surface area contributed by atoms with Gasteiger partial charge in [0.1, 0.15) is 0 Å². The lowest BCUT2D eigenvalue weighted by Gasteiger charge is -2.28. The smallest absolute Gasteiger partial charge is 0.161 e. The molecule has 0 saturated carbocycles. The van der Waals surface area contributed by atoms with E-state index < -0.39 is 0 Å². The third kappa shape index (κ3) is 5.56. The van der Waals surface area contributed by atoms with E-state index in [1.807, 2.05) is 0 Å². The van der Waals surface area contributed by atoms with Crippen molar-refractivity contribution in [3.05, 3.63) is 229 Å². The van der Waals surface area contributed by atoms with Crippen LogP contribution in [0, 0.1) is 0 Å². The quantitative estimate of drug-likeness (QED) is 0.170. The second-order valence-corrected chi connectivity index (χ2v) is 15.5. The Kier molecular flexibility index (Phi) is 7.97. The molecule has 0 spiro atoms. The maximum absolute atomic E-state index is 5.34. The molecule has 1 atom stereocenters. The molecule has 1 aliphatic carbocycles. The van der Waals surface area contributed by atoms with Crippen molar-refractivity contribution in [2.45, 2.75) is 12.3 Å². The zero-order valence-electron chi connectivity index (χ0n) is 32.1. The van der Waals surface area contributed by atoms with Gasteiger partial charge in [-0.2, -0.15) is 0 Å². The monoisotopic (exact) mass is 738 g/mol. The molecule has 0 saturated heterocycles. The van der Waals surface area contributed by atoms with Gasteiger partial charge in [-0.1, -0.05) is 188 Å². The summed E-state index contributed by atoms with van der Waals surface area (Å²) in [6.45, 7) is 2.38. The van der Waals surface area contributed by atoms with Crippen LogP contribution in [-0.2, 0) is 5.41 Å². The summed E-state index contributed by atoms with van der Waals surface area (Å²) in [4.78, 5) is 10.7. The van der Waals surface area contributed by atoms with Gasteiger partial charge >= 0.3 is 0 Å². The molecule has 1 heterocycles. The first kappa shape index (κ1) is 33.9. The van der Waals surface area contributed by atoms with Crippen molar-refractivity contribution in [2.24, 2.45) is 0 Å². The molecular weight excluding hydrogens is 701 g/mol. The fourth-order valence-corrected chi connectivity index (χ4v) is 9.16. The van der Waals surface area contributed by atoms with Gasteiger partial charge in [0.2, 0.25) is 0 Å². The summed E-state index contributed by atoms with van der Waals surface area (Å²) < 4.78 is 0. The Bertz CT molecular complexity index is 3170. The minimum absolute atomic E-state index is 0.272. The maximum Gasteiger partial charge on any atom is 0.161 e. The normalized spacial score (nSPS) is 14.4. The average molecular weight is 739 g/mol. The first-order valence-corrected chi connectivity index (χ1v) is 20.0. The molecule has 11 rings (SSSR count). The lowest BCUT2D eigenvalue weighted by molar-refractivity contribution is 0.714. The summed E-state index contributed by atoms with van der Waals surface area (Å²) in [6.07, 6.45) is 0. The summed E-state index contributed by atoms with van der Waals surface area (Å²) in [5, 5.41) is 4.68. The molecule has 10 aromatic rings. The average Bonchev–Trinajstić information content (AvgIpc) is 3.56. The van der Waals surface area contributed by atoms with Crippen molar-refractivity contribution in [1.82, 2.24) is 9.97 Å². The van der Waals surface area contributed by atoms with Gasteiger partial charge in [-0.05, 0) is 103 Å². The highest BCUT2D eigenvalue weighted by Gasteiger charge is 2.40. The van der Waals surface area contributed by atoms with Crippen LogP contribution in [0.4, 0.5) is 0 Å². The fraction of sp³-hybridized carbons (Fsp3) is 0.0357. The number of nitrogens with zero attached hydrogens (tertiary/aromatic N) is 2. The molecule has 9 aromatic carbocycles. The van der Waals surface area contributed by atoms with Gasteiger partial charge in [-0.25, -0.2) is 9.97 Å². The SMILES string of the molecule is CC1(c2ccccc2)c2ccccc2-c2ccc(-c3ccc(-c4nc(-c5ccc(-c6ccccc6)cc5)cc(-c5ccc6ccccc6c5)n4)c4ccccc34)cc21. The van der Waals surface area contributed by atoms with Crippen LogP contribution in [0.5, 0.6) is 0 Å². The summed E-state index contributed by atoms with van der Waals surface area (Å²) in [7, 11) is 0. The first-order valence-electron chi connectivity index (χ1n) is 20.0. The second kappa shape index (κ2) is 13.7. The number of rotatable bonds is 6. The molecule has 0 fully saturated rings. The van der Waals surface area contributed by atoms with Crippen LogP contribution < -0.4 is 0 Å². The van der Waals surface area contributed by atoms with E-state index in [1.54, 1.807) is 0 Å². The molecule has 2 heteroatoms. The third-order valence-electron chi connectivity index (χ3n) is 12.2. The van der Waals surface area contributed by atoms with Crippen LogP contribution in [-0.4, -0.2) is 9.97 Å². The lowest BCUT2D eigenvalue weighted by atomic mass is 9.74. The summed E-state index contributed by atoms with van der Waals surface area (Å²) in [5.74, 6) is 0.705. The highest BCUT2D eigenvalue weighted by Crippen LogP contribution is 2.53. The van der Waals surface area contributed by atoms with E-state index in [0.717, 1.165) is 33.5 Å². The number of hydrogen-bond donors (Lipinski definition) is 0. The molecule has 272 valence electrons. The van der Waals surface area contributed by atoms with E-state index in [4.69, 9.17) is 9.97 Å². The Morgan fingerprint density at radius 2 is 0.862 bits per heavy atom. The lowest BCUT2D eigenvalue weighted by Crippen LogP contribution is -2.22. The van der Waals surface area contributed by atoms with Crippen LogP contribution in [0.2, 0.25) is 0 Å². The molecule has 0 aliphatic heterocycles. The van der Waals surface area contributed by atoms with Crippen molar-refractivity contribution in [3.8, 4) is 67.3 Å². The van der Waals surface area contributed by atoms with Gasteiger partial charge in [-0.3, -0.25) is 0 Å². The van der Waals surface area contributed by atoms with Crippen molar-refractivity contribution < 1.29 is 0 Å². The van der Waals surface area contributed by atoms with Crippen LogP contribution in [0.25, 0.3) is 88.8 Å². The predicted octanol–water partition coefficient (Wildman–Crippen LogP) is 14.5. The van der Waals surface area contributed by atoms with Crippen molar-refractivity contribution >= 4 is 21.5 Å². The van der Waals surface area contributed by atoms with Gasteiger partial charge in [-0.15, -0.1) is 0 Å². The number of hydrogen-bond acceptors (Lipinski definition) is 2. The van der Waals surface area contributed by atoms with E-state index in [-0.39, 0.29) is 5.41 Å². The summed E-state index contributed by atoms with van der Waals surface area (Å²) in [6, 6.07) is 76.5. The number of benzene rings is 9. The molecular formula is C56H38N2. The third-order valence-corrected chi connectivity index (χ3v) is 12.2. The molecule has 1 unspecified atom stereocenters. The van der Waals surface area contributed by atoms with E-state index in [0.29, 0.717) is 5.82 Å². The van der Waals surface area contributed by atoms with Gasteiger partial charge in [0.15, 0.2) is 5.82 Å². The summed E-state index contributed by atoms with van der Waals surface area (Å²) >= 11 is 0. The van der Waals surface area contributed by atoms with Crippen molar-refractivity contribution in [1.29, 1.82) is 0 Å². The molecule has 58 heavy (non-hydrogen) atoms. The van der Waals surface area contributed by atoms with Gasteiger partial charge in [0.05, 0.1) is 11.4 Å². The number of aromatic nitrogens is 2. The zero-order chi connectivity index (χ0) is 38.6. The van der Waals surface area contributed by atoms with Gasteiger partial charge in [0.25, 0.3) is 0 Å². The molecule has 2 nitrogen and oxygen atoms in total. The molecule has 1 aliphatic rings. The second-order valence-electron chi connectivity index (χ2n) is 15.5. The Morgan fingerprint density at radius 3 is 1.66 bits per heavy atom. The topological polar surface area (TPSA) is 25.8 Å². The van der Waals surface area contributed by atoms with E-state index in [9.17, 15) is 0 Å². The van der Waals surface area contributed by atoms with Gasteiger partial charge in [0, 0.05) is 22.1 Å². The Balaban J connectivity index is 1.07. The highest BCUT2D eigenvalue weighted by atomic mass is 14.9. The standard InChI is InChI=1S/C56H38N2/c1-56(44-18-6-3-7-19-44)51-23-13-12-22-48(51)49-31-30-42(35-52(49)56)45-32-33-50(47-21-11-10-20-46(45)47)55-57-53(40-27-24-39(25-28-40)37-14-4-2-5-15-37)36-54(58-55)43-29-26-38-16-8-9-17-41(38)34-43/h2-36H,1H3. The zero-order valence-corrected chi connectivity index (χ0v) is 32.1. The van der Waals surface area contributed by atoms with Gasteiger partial charge < -0.3 is 0 Å². The highest BCUT2D eigenvalue weighted by molar-refractivity contribution is 6.05. The Labute approximate surface area is 338 Å². The van der Waals surface area contributed by atoms with E-state index in [1.165, 1.54) is 66.2 Å². The number of fused-ring (bicyclic) bond motifs is 5. The maximum atomic E-state index is 5.34. The molecule has 0 N–H and O–H groups in total.